The molecule has 0 heterocycles. The van der Waals surface area contributed by atoms with Crippen LogP contribution >= 0.6 is 0 Å². The average molecular weight is 282 g/mol. The zero-order valence-electron chi connectivity index (χ0n) is 13.5. The van der Waals surface area contributed by atoms with Crippen molar-refractivity contribution in [3.05, 3.63) is 0 Å². The number of carbonyl (C=O) groups excluding carboxylic acids is 3. The van der Waals surface area contributed by atoms with E-state index in [9.17, 15) is 14.4 Å². The predicted octanol–water partition coefficient (Wildman–Crippen LogP) is 4.13. The first kappa shape index (κ1) is 19.0. The van der Waals surface area contributed by atoms with Crippen LogP contribution in [-0.4, -0.2) is 17.3 Å². The van der Waals surface area contributed by atoms with Crippen molar-refractivity contribution in [3.8, 4) is 0 Å². The molecule has 0 aliphatic heterocycles. The lowest BCUT2D eigenvalue weighted by atomic mass is 9.89. The molecule has 0 N–H and O–H groups in total. The minimum Gasteiger partial charge on any atom is -0.299 e. The van der Waals surface area contributed by atoms with Crippen LogP contribution in [0.15, 0.2) is 0 Å². The van der Waals surface area contributed by atoms with Gasteiger partial charge in [0.05, 0.1) is 6.42 Å². The van der Waals surface area contributed by atoms with Crippen LogP contribution in [0.3, 0.4) is 0 Å². The number of ketones is 3. The zero-order chi connectivity index (χ0) is 15.5. The molecule has 0 aromatic rings. The van der Waals surface area contributed by atoms with Gasteiger partial charge in [0.15, 0.2) is 0 Å². The van der Waals surface area contributed by atoms with Crippen molar-refractivity contribution >= 4 is 17.3 Å². The summed E-state index contributed by atoms with van der Waals surface area (Å²) in [6.45, 7) is 7.92. The topological polar surface area (TPSA) is 51.2 Å². The molecule has 0 aromatic heterocycles. The molecule has 0 amide bonds. The molecule has 0 rings (SSSR count). The fraction of sp³-hybridized carbons (Fsp3) is 0.824. The van der Waals surface area contributed by atoms with Crippen molar-refractivity contribution < 1.29 is 14.4 Å². The molecule has 0 aliphatic rings. The molecule has 20 heavy (non-hydrogen) atoms. The lowest BCUT2D eigenvalue weighted by Gasteiger charge is -2.13. The van der Waals surface area contributed by atoms with E-state index in [1.807, 2.05) is 13.8 Å². The van der Waals surface area contributed by atoms with E-state index in [0.717, 1.165) is 38.5 Å². The Morgan fingerprint density at radius 3 is 1.95 bits per heavy atom. The summed E-state index contributed by atoms with van der Waals surface area (Å²) in [7, 11) is 0. The highest BCUT2D eigenvalue weighted by atomic mass is 16.2. The van der Waals surface area contributed by atoms with Crippen molar-refractivity contribution in [1.82, 2.24) is 0 Å². The van der Waals surface area contributed by atoms with Gasteiger partial charge in [-0.2, -0.15) is 0 Å². The van der Waals surface area contributed by atoms with E-state index >= 15 is 0 Å². The van der Waals surface area contributed by atoms with Gasteiger partial charge < -0.3 is 0 Å². The van der Waals surface area contributed by atoms with E-state index in [2.05, 4.69) is 13.8 Å². The van der Waals surface area contributed by atoms with Crippen molar-refractivity contribution in [1.29, 1.82) is 0 Å². The first-order valence-electron chi connectivity index (χ1n) is 8.07. The van der Waals surface area contributed by atoms with Crippen molar-refractivity contribution in [2.75, 3.05) is 0 Å². The highest BCUT2D eigenvalue weighted by Gasteiger charge is 2.26. The van der Waals surface area contributed by atoms with Gasteiger partial charge in [-0.05, 0) is 19.3 Å². The average Bonchev–Trinajstić information content (AvgIpc) is 2.44. The van der Waals surface area contributed by atoms with Crippen LogP contribution in [0.5, 0.6) is 0 Å². The SMILES string of the molecule is CCCCC(C)C(=O)CC(=O)C(=O)C(CC)CCCC. The highest BCUT2D eigenvalue weighted by Crippen LogP contribution is 2.17. The summed E-state index contributed by atoms with van der Waals surface area (Å²) in [5.41, 5.74) is 0. The summed E-state index contributed by atoms with van der Waals surface area (Å²) in [5.74, 6) is -1.20. The fourth-order valence-corrected chi connectivity index (χ4v) is 2.29. The number of rotatable bonds is 12. The van der Waals surface area contributed by atoms with Crippen LogP contribution in [0, 0.1) is 11.8 Å². The summed E-state index contributed by atoms with van der Waals surface area (Å²) in [4.78, 5) is 35.9. The van der Waals surface area contributed by atoms with E-state index in [-0.39, 0.29) is 29.8 Å². The Morgan fingerprint density at radius 2 is 1.45 bits per heavy atom. The molecule has 0 bridgehead atoms. The third-order valence-corrected chi connectivity index (χ3v) is 3.92. The minimum absolute atomic E-state index is 0.0813. The largest absolute Gasteiger partial charge is 0.299 e. The Labute approximate surface area is 123 Å². The zero-order valence-corrected chi connectivity index (χ0v) is 13.5. The Kier molecular flexibility index (Phi) is 10.2. The maximum Gasteiger partial charge on any atom is 0.206 e. The third-order valence-electron chi connectivity index (χ3n) is 3.92. The molecule has 0 radical (unpaired) electrons. The van der Waals surface area contributed by atoms with Crippen LogP contribution in [0.25, 0.3) is 0 Å². The molecule has 0 saturated heterocycles. The van der Waals surface area contributed by atoms with Gasteiger partial charge in [0.1, 0.15) is 5.78 Å². The second-order valence-electron chi connectivity index (χ2n) is 5.72. The normalized spacial score (nSPS) is 13.8. The Balaban J connectivity index is 4.36. The number of hydrogen-bond acceptors (Lipinski definition) is 3. The van der Waals surface area contributed by atoms with E-state index in [1.54, 1.807) is 0 Å². The lowest BCUT2D eigenvalue weighted by molar-refractivity contribution is -0.141. The minimum atomic E-state index is -0.485. The molecule has 0 spiro atoms. The van der Waals surface area contributed by atoms with Gasteiger partial charge in [-0.3, -0.25) is 14.4 Å². The van der Waals surface area contributed by atoms with E-state index in [0.29, 0.717) is 6.42 Å². The van der Waals surface area contributed by atoms with Gasteiger partial charge in [-0.25, -0.2) is 0 Å². The molecule has 3 heteroatoms. The number of carbonyl (C=O) groups is 3. The van der Waals surface area contributed by atoms with Crippen LogP contribution in [-0.2, 0) is 14.4 Å². The molecular formula is C17H30O3. The summed E-state index contributed by atoms with van der Waals surface area (Å²) >= 11 is 0. The van der Waals surface area contributed by atoms with Crippen LogP contribution in [0.1, 0.15) is 79.1 Å². The van der Waals surface area contributed by atoms with E-state index in [1.165, 1.54) is 0 Å². The van der Waals surface area contributed by atoms with Gasteiger partial charge in [-0.15, -0.1) is 0 Å². The molecule has 0 fully saturated rings. The third kappa shape index (κ3) is 6.97. The molecule has 0 saturated carbocycles. The molecule has 0 aliphatic carbocycles. The number of Topliss-reactive ketones (excluding diaryl/α,β-unsaturated/α-hetero) is 3. The molecule has 116 valence electrons. The smallest absolute Gasteiger partial charge is 0.206 e. The first-order chi connectivity index (χ1) is 9.47. The molecule has 2 atom stereocenters. The van der Waals surface area contributed by atoms with Crippen molar-refractivity contribution in [2.45, 2.75) is 79.1 Å². The maximum atomic E-state index is 12.1. The van der Waals surface area contributed by atoms with Gasteiger partial charge >= 0.3 is 0 Å². The van der Waals surface area contributed by atoms with Crippen molar-refractivity contribution in [2.24, 2.45) is 11.8 Å². The van der Waals surface area contributed by atoms with Crippen molar-refractivity contribution in [3.63, 3.8) is 0 Å². The lowest BCUT2D eigenvalue weighted by Crippen LogP contribution is -2.27. The van der Waals surface area contributed by atoms with Crippen LogP contribution in [0.2, 0.25) is 0 Å². The van der Waals surface area contributed by atoms with Gasteiger partial charge in [0.25, 0.3) is 0 Å². The molecular weight excluding hydrogens is 252 g/mol. The Hall–Kier alpha value is -0.990. The molecule has 0 aromatic carbocycles. The number of hydrogen-bond donors (Lipinski definition) is 0. The van der Waals surface area contributed by atoms with Crippen LogP contribution < -0.4 is 0 Å². The fourth-order valence-electron chi connectivity index (χ4n) is 2.29. The Morgan fingerprint density at radius 1 is 0.900 bits per heavy atom. The molecule has 2 unspecified atom stereocenters. The standard InChI is InChI=1S/C17H30O3/c1-5-8-10-13(4)15(18)12-16(19)17(20)14(7-3)11-9-6-2/h13-14H,5-12H2,1-4H3. The van der Waals surface area contributed by atoms with E-state index in [4.69, 9.17) is 0 Å². The quantitative estimate of drug-likeness (QED) is 0.399. The van der Waals surface area contributed by atoms with Gasteiger partial charge in [0.2, 0.25) is 11.6 Å². The van der Waals surface area contributed by atoms with Crippen LogP contribution in [0.4, 0.5) is 0 Å². The number of unbranched alkanes of at least 4 members (excludes halogenated alkanes) is 2. The van der Waals surface area contributed by atoms with Gasteiger partial charge in [-0.1, -0.05) is 53.4 Å². The van der Waals surface area contributed by atoms with E-state index < -0.39 is 5.78 Å². The summed E-state index contributed by atoms with van der Waals surface area (Å²) < 4.78 is 0. The van der Waals surface area contributed by atoms with Gasteiger partial charge in [0, 0.05) is 11.8 Å². The monoisotopic (exact) mass is 282 g/mol. The first-order valence-corrected chi connectivity index (χ1v) is 8.07. The summed E-state index contributed by atoms with van der Waals surface area (Å²) in [5, 5.41) is 0. The second-order valence-corrected chi connectivity index (χ2v) is 5.72. The predicted molar refractivity (Wildman–Crippen MR) is 81.6 cm³/mol. The summed E-state index contributed by atoms with van der Waals surface area (Å²) in [6.07, 6.45) is 6.06. The molecule has 3 nitrogen and oxygen atoms in total. The highest BCUT2D eigenvalue weighted by molar-refractivity contribution is 6.41. The maximum absolute atomic E-state index is 12.1. The Bertz CT molecular complexity index is 320. The summed E-state index contributed by atoms with van der Waals surface area (Å²) in [6, 6.07) is 0. The second kappa shape index (κ2) is 10.8.